The van der Waals surface area contributed by atoms with Gasteiger partial charge in [0.15, 0.2) is 0 Å². The molecule has 0 amide bonds. The molecule has 20 heavy (non-hydrogen) atoms. The van der Waals surface area contributed by atoms with Crippen molar-refractivity contribution in [1.29, 1.82) is 0 Å². The third-order valence-corrected chi connectivity index (χ3v) is 3.87. The third kappa shape index (κ3) is 2.47. The average molecular weight is 264 g/mol. The first kappa shape index (κ1) is 12.9. The van der Waals surface area contributed by atoms with Crippen LogP contribution in [0.3, 0.4) is 0 Å². The Hall–Kier alpha value is -2.06. The van der Waals surface area contributed by atoms with Gasteiger partial charge in [0.2, 0.25) is 0 Å². The molecule has 3 rings (SSSR count). The summed E-state index contributed by atoms with van der Waals surface area (Å²) >= 11 is 0. The quantitative estimate of drug-likeness (QED) is 0.768. The van der Waals surface area contributed by atoms with Crippen LogP contribution in [0.15, 0.2) is 54.7 Å². The fourth-order valence-electron chi connectivity index (χ4n) is 2.68. The summed E-state index contributed by atoms with van der Waals surface area (Å²) in [6.07, 6.45) is 3.11. The Kier molecular flexibility index (Phi) is 3.57. The van der Waals surface area contributed by atoms with Crippen molar-refractivity contribution in [2.24, 2.45) is 5.73 Å². The van der Waals surface area contributed by atoms with Crippen LogP contribution in [0.25, 0.3) is 10.9 Å². The molecule has 1 heterocycles. The first-order valence-electron chi connectivity index (χ1n) is 7.10. The van der Waals surface area contributed by atoms with Crippen LogP contribution in [0.1, 0.15) is 16.7 Å². The Bertz CT molecular complexity index is 725. The zero-order valence-corrected chi connectivity index (χ0v) is 11.8. The Balaban J connectivity index is 1.95. The van der Waals surface area contributed by atoms with E-state index in [4.69, 9.17) is 5.73 Å². The van der Waals surface area contributed by atoms with Gasteiger partial charge < -0.3 is 10.3 Å². The molecule has 2 heteroatoms. The normalized spacial score (nSPS) is 11.1. The van der Waals surface area contributed by atoms with E-state index in [1.807, 2.05) is 0 Å². The summed E-state index contributed by atoms with van der Waals surface area (Å²) in [7, 11) is 0. The molecule has 0 aliphatic heterocycles. The van der Waals surface area contributed by atoms with E-state index in [-0.39, 0.29) is 0 Å². The maximum Gasteiger partial charge on any atom is 0.0483 e. The Labute approximate surface area is 119 Å². The summed E-state index contributed by atoms with van der Waals surface area (Å²) in [5.74, 6) is 0. The predicted molar refractivity (Wildman–Crippen MR) is 85.0 cm³/mol. The molecule has 3 aromatic rings. The molecule has 0 saturated heterocycles. The zero-order chi connectivity index (χ0) is 13.9. The monoisotopic (exact) mass is 264 g/mol. The maximum absolute atomic E-state index is 5.62. The SMILES string of the molecule is Cc1ccccc1Cn1ccc2cc(CCN)ccc21. The van der Waals surface area contributed by atoms with Crippen molar-refractivity contribution in [3.05, 3.63) is 71.4 Å². The highest BCUT2D eigenvalue weighted by molar-refractivity contribution is 5.81. The molecule has 0 atom stereocenters. The molecule has 0 fully saturated rings. The van der Waals surface area contributed by atoms with E-state index in [0.717, 1.165) is 13.0 Å². The van der Waals surface area contributed by atoms with Gasteiger partial charge in [0.05, 0.1) is 0 Å². The van der Waals surface area contributed by atoms with Crippen molar-refractivity contribution in [2.45, 2.75) is 19.9 Å². The summed E-state index contributed by atoms with van der Waals surface area (Å²) < 4.78 is 2.31. The van der Waals surface area contributed by atoms with Gasteiger partial charge in [0, 0.05) is 18.3 Å². The van der Waals surface area contributed by atoms with Crippen molar-refractivity contribution in [3.63, 3.8) is 0 Å². The fraction of sp³-hybridized carbons (Fsp3) is 0.222. The van der Waals surface area contributed by atoms with Gasteiger partial charge in [-0.1, -0.05) is 30.3 Å². The van der Waals surface area contributed by atoms with E-state index in [1.165, 1.54) is 27.6 Å². The molecule has 0 aliphatic carbocycles. The van der Waals surface area contributed by atoms with Crippen LogP contribution < -0.4 is 5.73 Å². The van der Waals surface area contributed by atoms with Crippen molar-refractivity contribution < 1.29 is 0 Å². The van der Waals surface area contributed by atoms with E-state index in [0.29, 0.717) is 6.54 Å². The van der Waals surface area contributed by atoms with Crippen LogP contribution in [0.5, 0.6) is 0 Å². The van der Waals surface area contributed by atoms with Gasteiger partial charge >= 0.3 is 0 Å². The standard InChI is InChI=1S/C18H20N2/c1-14-4-2-3-5-17(14)13-20-11-9-16-12-15(8-10-19)6-7-18(16)20/h2-7,9,11-12H,8,10,13,19H2,1H3. The summed E-state index contributed by atoms with van der Waals surface area (Å²) in [5, 5.41) is 1.30. The number of nitrogens with zero attached hydrogens (tertiary/aromatic N) is 1. The van der Waals surface area contributed by atoms with E-state index in [9.17, 15) is 0 Å². The van der Waals surface area contributed by atoms with Crippen LogP contribution >= 0.6 is 0 Å². The summed E-state index contributed by atoms with van der Waals surface area (Å²) in [5.41, 5.74) is 10.9. The zero-order valence-electron chi connectivity index (χ0n) is 11.8. The number of benzene rings is 2. The topological polar surface area (TPSA) is 30.9 Å². The first-order valence-corrected chi connectivity index (χ1v) is 7.10. The second-order valence-corrected chi connectivity index (χ2v) is 5.30. The molecular formula is C18H20N2. The lowest BCUT2D eigenvalue weighted by molar-refractivity contribution is 0.830. The van der Waals surface area contributed by atoms with Gasteiger partial charge in [0.25, 0.3) is 0 Å². The van der Waals surface area contributed by atoms with E-state index in [2.05, 4.69) is 66.2 Å². The van der Waals surface area contributed by atoms with Gasteiger partial charge in [-0.2, -0.15) is 0 Å². The number of fused-ring (bicyclic) bond motifs is 1. The second-order valence-electron chi connectivity index (χ2n) is 5.30. The van der Waals surface area contributed by atoms with Crippen molar-refractivity contribution in [3.8, 4) is 0 Å². The molecule has 0 spiro atoms. The molecule has 2 nitrogen and oxygen atoms in total. The molecule has 0 saturated carbocycles. The van der Waals surface area contributed by atoms with Gasteiger partial charge in [0.1, 0.15) is 0 Å². The first-order chi connectivity index (χ1) is 9.78. The molecular weight excluding hydrogens is 244 g/mol. The molecule has 2 N–H and O–H groups in total. The summed E-state index contributed by atoms with van der Waals surface area (Å²) in [4.78, 5) is 0. The third-order valence-electron chi connectivity index (χ3n) is 3.87. The van der Waals surface area contributed by atoms with Crippen LogP contribution in [0.4, 0.5) is 0 Å². The highest BCUT2D eigenvalue weighted by Crippen LogP contribution is 2.20. The number of hydrogen-bond donors (Lipinski definition) is 1. The van der Waals surface area contributed by atoms with Gasteiger partial charge in [-0.3, -0.25) is 0 Å². The lowest BCUT2D eigenvalue weighted by atomic mass is 10.1. The largest absolute Gasteiger partial charge is 0.343 e. The maximum atomic E-state index is 5.62. The number of nitrogens with two attached hydrogens (primary N) is 1. The molecule has 0 bridgehead atoms. The Morgan fingerprint density at radius 3 is 2.70 bits per heavy atom. The van der Waals surface area contributed by atoms with Crippen molar-refractivity contribution in [2.75, 3.05) is 6.54 Å². The van der Waals surface area contributed by atoms with Crippen LogP contribution in [-0.2, 0) is 13.0 Å². The number of hydrogen-bond acceptors (Lipinski definition) is 1. The van der Waals surface area contributed by atoms with Crippen LogP contribution in [-0.4, -0.2) is 11.1 Å². The van der Waals surface area contributed by atoms with E-state index >= 15 is 0 Å². The number of aryl methyl sites for hydroxylation is 1. The minimum Gasteiger partial charge on any atom is -0.343 e. The summed E-state index contributed by atoms with van der Waals surface area (Å²) in [6.45, 7) is 3.79. The average Bonchev–Trinajstić information content (AvgIpc) is 2.84. The van der Waals surface area contributed by atoms with E-state index < -0.39 is 0 Å². The lowest BCUT2D eigenvalue weighted by Crippen LogP contribution is -2.03. The Morgan fingerprint density at radius 2 is 1.90 bits per heavy atom. The Morgan fingerprint density at radius 1 is 1.05 bits per heavy atom. The molecule has 0 radical (unpaired) electrons. The van der Waals surface area contributed by atoms with Crippen LogP contribution in [0.2, 0.25) is 0 Å². The fourth-order valence-corrected chi connectivity index (χ4v) is 2.68. The molecule has 102 valence electrons. The van der Waals surface area contributed by atoms with Gasteiger partial charge in [-0.15, -0.1) is 0 Å². The van der Waals surface area contributed by atoms with Crippen molar-refractivity contribution >= 4 is 10.9 Å². The number of rotatable bonds is 4. The van der Waals surface area contributed by atoms with Gasteiger partial charge in [-0.25, -0.2) is 0 Å². The van der Waals surface area contributed by atoms with Crippen LogP contribution in [0, 0.1) is 6.92 Å². The molecule has 1 aromatic heterocycles. The molecule has 0 aliphatic rings. The minimum atomic E-state index is 0.704. The molecule has 0 unspecified atom stereocenters. The van der Waals surface area contributed by atoms with Crippen molar-refractivity contribution in [1.82, 2.24) is 4.57 Å². The highest BCUT2D eigenvalue weighted by Gasteiger charge is 2.04. The predicted octanol–water partition coefficient (Wildman–Crippen LogP) is 3.50. The minimum absolute atomic E-state index is 0.704. The highest BCUT2D eigenvalue weighted by atomic mass is 14.9. The smallest absolute Gasteiger partial charge is 0.0483 e. The lowest BCUT2D eigenvalue weighted by Gasteiger charge is -2.09. The number of aromatic nitrogens is 1. The second kappa shape index (κ2) is 5.51. The summed E-state index contributed by atoms with van der Waals surface area (Å²) in [6, 6.07) is 17.4. The van der Waals surface area contributed by atoms with E-state index in [1.54, 1.807) is 0 Å². The van der Waals surface area contributed by atoms with Gasteiger partial charge in [-0.05, 0) is 60.2 Å². The molecule has 2 aromatic carbocycles.